The number of amides is 1. The van der Waals surface area contributed by atoms with Crippen LogP contribution < -0.4 is 16.0 Å². The average Bonchev–Trinajstić information content (AvgIpc) is 3.13. The second-order valence-electron chi connectivity index (χ2n) is 6.79. The molecule has 1 unspecified atom stereocenters. The van der Waals surface area contributed by atoms with Gasteiger partial charge in [-0.1, -0.05) is 12.1 Å². The summed E-state index contributed by atoms with van der Waals surface area (Å²) in [7, 11) is 0. The molecule has 1 aromatic heterocycles. The fourth-order valence-electron chi connectivity index (χ4n) is 2.75. The Morgan fingerprint density at radius 2 is 2.00 bits per heavy atom. The van der Waals surface area contributed by atoms with E-state index >= 15 is 0 Å². The van der Waals surface area contributed by atoms with Crippen LogP contribution in [0.2, 0.25) is 0 Å². The number of guanidine groups is 1. The quantitative estimate of drug-likeness (QED) is 0.340. The zero-order chi connectivity index (χ0) is 22.1. The molecule has 164 valence electrons. The van der Waals surface area contributed by atoms with Gasteiger partial charge >= 0.3 is 6.18 Å². The lowest BCUT2D eigenvalue weighted by molar-refractivity contribution is -0.137. The Morgan fingerprint density at radius 1 is 1.23 bits per heavy atom. The van der Waals surface area contributed by atoms with Gasteiger partial charge < -0.3 is 20.4 Å². The first kappa shape index (κ1) is 23.3. The Kier molecular flexibility index (Phi) is 8.32. The highest BCUT2D eigenvalue weighted by Gasteiger charge is 2.30. The number of aliphatic imine (C=N–C) groups is 1. The summed E-state index contributed by atoms with van der Waals surface area (Å²) in [5, 5.41) is 8.95. The van der Waals surface area contributed by atoms with Gasteiger partial charge in [0.25, 0.3) is 5.91 Å². The third kappa shape index (κ3) is 6.82. The van der Waals surface area contributed by atoms with Crippen molar-refractivity contribution in [1.29, 1.82) is 0 Å². The lowest BCUT2D eigenvalue weighted by Gasteiger charge is -2.19. The molecule has 0 saturated heterocycles. The Morgan fingerprint density at radius 3 is 2.63 bits per heavy atom. The van der Waals surface area contributed by atoms with Crippen molar-refractivity contribution in [3.05, 3.63) is 59.0 Å². The van der Waals surface area contributed by atoms with Crippen LogP contribution in [-0.4, -0.2) is 31.5 Å². The molecule has 30 heavy (non-hydrogen) atoms. The van der Waals surface area contributed by atoms with Crippen molar-refractivity contribution >= 4 is 11.9 Å². The summed E-state index contributed by atoms with van der Waals surface area (Å²) in [4.78, 5) is 16.4. The van der Waals surface area contributed by atoms with Crippen LogP contribution in [0.4, 0.5) is 13.2 Å². The summed E-state index contributed by atoms with van der Waals surface area (Å²) in [5.41, 5.74) is 0.599. The van der Waals surface area contributed by atoms with Crippen molar-refractivity contribution in [3.63, 3.8) is 0 Å². The second kappa shape index (κ2) is 10.7. The summed E-state index contributed by atoms with van der Waals surface area (Å²) in [5.74, 6) is 0.517. The molecular formula is C21H27F3N4O2. The smallest absolute Gasteiger partial charge is 0.416 e. The van der Waals surface area contributed by atoms with Crippen LogP contribution in [-0.2, 0) is 6.18 Å². The molecule has 1 aromatic carbocycles. The van der Waals surface area contributed by atoms with E-state index in [0.717, 1.165) is 17.7 Å². The lowest BCUT2D eigenvalue weighted by atomic mass is 10.1. The zero-order valence-corrected chi connectivity index (χ0v) is 17.3. The number of hydrogen-bond acceptors (Lipinski definition) is 3. The first-order valence-corrected chi connectivity index (χ1v) is 9.76. The summed E-state index contributed by atoms with van der Waals surface area (Å²) in [6, 6.07) is 6.57. The van der Waals surface area contributed by atoms with E-state index in [1.165, 1.54) is 12.3 Å². The minimum Gasteiger partial charge on any atom is -0.459 e. The predicted molar refractivity (Wildman–Crippen MR) is 109 cm³/mol. The number of alkyl halides is 3. The van der Waals surface area contributed by atoms with Crippen molar-refractivity contribution in [1.82, 2.24) is 16.0 Å². The van der Waals surface area contributed by atoms with E-state index in [4.69, 9.17) is 4.42 Å². The fraction of sp³-hybridized carbons (Fsp3) is 0.429. The summed E-state index contributed by atoms with van der Waals surface area (Å²) >= 11 is 0. The number of hydrogen-bond donors (Lipinski definition) is 3. The van der Waals surface area contributed by atoms with Gasteiger partial charge in [-0.05, 0) is 51.0 Å². The van der Waals surface area contributed by atoms with E-state index < -0.39 is 11.7 Å². The molecule has 0 bridgehead atoms. The van der Waals surface area contributed by atoms with E-state index in [0.29, 0.717) is 43.3 Å². The number of aryl methyl sites for hydroxylation is 1. The standard InChI is InChI=1S/C21H27F3N4O2/c1-4-25-20(27-11-6-10-26-19(29)18-14(2)9-12-30-18)28-15(3)16-7-5-8-17(13-16)21(22,23)24/h5,7-9,12-13,15H,4,6,10-11H2,1-3H3,(H,26,29)(H2,25,27,28). The summed E-state index contributed by atoms with van der Waals surface area (Å²) in [6.45, 7) is 6.93. The lowest BCUT2D eigenvalue weighted by Crippen LogP contribution is -2.39. The van der Waals surface area contributed by atoms with Gasteiger partial charge in [0.05, 0.1) is 17.9 Å². The van der Waals surface area contributed by atoms with E-state index in [-0.39, 0.29) is 11.9 Å². The molecule has 1 atom stereocenters. The van der Waals surface area contributed by atoms with Gasteiger partial charge in [0, 0.05) is 25.2 Å². The van der Waals surface area contributed by atoms with Crippen LogP contribution in [0.3, 0.4) is 0 Å². The fourth-order valence-corrected chi connectivity index (χ4v) is 2.75. The highest BCUT2D eigenvalue weighted by molar-refractivity contribution is 5.92. The molecule has 0 aliphatic heterocycles. The highest BCUT2D eigenvalue weighted by Crippen LogP contribution is 2.30. The van der Waals surface area contributed by atoms with Crippen molar-refractivity contribution in [2.45, 2.75) is 39.4 Å². The van der Waals surface area contributed by atoms with Crippen LogP contribution in [0.5, 0.6) is 0 Å². The maximum atomic E-state index is 12.9. The molecule has 9 heteroatoms. The highest BCUT2D eigenvalue weighted by atomic mass is 19.4. The Balaban J connectivity index is 1.88. The molecule has 2 rings (SSSR count). The summed E-state index contributed by atoms with van der Waals surface area (Å²) < 4.78 is 43.9. The van der Waals surface area contributed by atoms with Gasteiger partial charge in [-0.25, -0.2) is 0 Å². The topological polar surface area (TPSA) is 78.7 Å². The molecule has 3 N–H and O–H groups in total. The van der Waals surface area contributed by atoms with E-state index in [2.05, 4.69) is 20.9 Å². The molecule has 6 nitrogen and oxygen atoms in total. The predicted octanol–water partition coefficient (Wildman–Crippen LogP) is 4.04. The molecule has 0 fully saturated rings. The number of benzene rings is 1. The number of rotatable bonds is 8. The Bertz CT molecular complexity index is 862. The molecular weight excluding hydrogens is 397 g/mol. The minimum absolute atomic E-state index is 0.273. The maximum absolute atomic E-state index is 12.9. The largest absolute Gasteiger partial charge is 0.459 e. The van der Waals surface area contributed by atoms with Gasteiger partial charge in [-0.3, -0.25) is 9.79 Å². The molecule has 2 aromatic rings. The number of carbonyl (C=O) groups is 1. The zero-order valence-electron chi connectivity index (χ0n) is 17.3. The van der Waals surface area contributed by atoms with Crippen LogP contribution in [0, 0.1) is 6.92 Å². The number of halogens is 3. The van der Waals surface area contributed by atoms with Crippen LogP contribution in [0.25, 0.3) is 0 Å². The van der Waals surface area contributed by atoms with Gasteiger partial charge in [0.2, 0.25) is 0 Å². The van der Waals surface area contributed by atoms with E-state index in [1.54, 1.807) is 26.0 Å². The molecule has 0 aliphatic carbocycles. The molecule has 0 aliphatic rings. The van der Waals surface area contributed by atoms with Crippen molar-refractivity contribution < 1.29 is 22.4 Å². The van der Waals surface area contributed by atoms with E-state index in [1.807, 2.05) is 6.92 Å². The van der Waals surface area contributed by atoms with Gasteiger partial charge in [0.1, 0.15) is 0 Å². The maximum Gasteiger partial charge on any atom is 0.416 e. The normalized spacial score (nSPS) is 13.1. The van der Waals surface area contributed by atoms with Gasteiger partial charge in [0.15, 0.2) is 11.7 Å². The molecule has 1 amide bonds. The number of carbonyl (C=O) groups excluding carboxylic acids is 1. The first-order chi connectivity index (χ1) is 14.2. The Labute approximate surface area is 174 Å². The minimum atomic E-state index is -4.38. The number of furan rings is 1. The van der Waals surface area contributed by atoms with Crippen LogP contribution in [0.1, 0.15) is 53.6 Å². The monoisotopic (exact) mass is 424 g/mol. The third-order valence-electron chi connectivity index (χ3n) is 4.37. The van der Waals surface area contributed by atoms with Crippen LogP contribution >= 0.6 is 0 Å². The van der Waals surface area contributed by atoms with Crippen molar-refractivity contribution in [3.8, 4) is 0 Å². The number of nitrogens with one attached hydrogen (secondary N) is 3. The van der Waals surface area contributed by atoms with Gasteiger partial charge in [-0.15, -0.1) is 0 Å². The molecule has 0 saturated carbocycles. The Hall–Kier alpha value is -2.97. The van der Waals surface area contributed by atoms with Crippen molar-refractivity contribution in [2.24, 2.45) is 4.99 Å². The third-order valence-corrected chi connectivity index (χ3v) is 4.37. The van der Waals surface area contributed by atoms with Crippen molar-refractivity contribution in [2.75, 3.05) is 19.6 Å². The first-order valence-electron chi connectivity index (χ1n) is 9.76. The number of nitrogens with zero attached hydrogens (tertiary/aromatic N) is 1. The second-order valence-corrected chi connectivity index (χ2v) is 6.79. The average molecular weight is 424 g/mol. The summed E-state index contributed by atoms with van der Waals surface area (Å²) in [6.07, 6.45) is -2.32. The molecule has 1 heterocycles. The SMILES string of the molecule is CCNC(=NCCCNC(=O)c1occc1C)NC(C)c1cccc(C(F)(F)F)c1. The van der Waals surface area contributed by atoms with Gasteiger partial charge in [-0.2, -0.15) is 13.2 Å². The molecule has 0 radical (unpaired) electrons. The molecule has 0 spiro atoms. The van der Waals surface area contributed by atoms with Crippen LogP contribution in [0.15, 0.2) is 46.0 Å². The van der Waals surface area contributed by atoms with E-state index in [9.17, 15) is 18.0 Å².